The second-order valence-electron chi connectivity index (χ2n) is 6.85. The Labute approximate surface area is 174 Å². The summed E-state index contributed by atoms with van der Waals surface area (Å²) in [6, 6.07) is 6.61. The summed E-state index contributed by atoms with van der Waals surface area (Å²) in [6.07, 6.45) is 4.37. The van der Waals surface area contributed by atoms with Crippen molar-refractivity contribution in [3.63, 3.8) is 0 Å². The van der Waals surface area contributed by atoms with Gasteiger partial charge in [-0.05, 0) is 49.9 Å². The van der Waals surface area contributed by atoms with E-state index in [1.54, 1.807) is 30.5 Å². The molecule has 1 aromatic carbocycles. The highest BCUT2D eigenvalue weighted by molar-refractivity contribution is 9.12. The van der Waals surface area contributed by atoms with Crippen molar-refractivity contribution in [3.05, 3.63) is 57.5 Å². The maximum absolute atomic E-state index is 12.6. The molecule has 144 valence electrons. The van der Waals surface area contributed by atoms with Crippen LogP contribution in [-0.4, -0.2) is 32.4 Å². The van der Waals surface area contributed by atoms with Gasteiger partial charge in [-0.25, -0.2) is 4.79 Å². The Hall–Kier alpha value is -1.60. The Balaban J connectivity index is 2.18. The Morgan fingerprint density at radius 2 is 1.96 bits per heavy atom. The van der Waals surface area contributed by atoms with E-state index in [4.69, 9.17) is 4.74 Å². The highest BCUT2D eigenvalue weighted by atomic mass is 79.9. The van der Waals surface area contributed by atoms with Crippen molar-refractivity contribution in [2.75, 3.05) is 7.11 Å². The lowest BCUT2D eigenvalue weighted by Gasteiger charge is -2.32. The molecule has 0 spiro atoms. The van der Waals surface area contributed by atoms with Crippen LogP contribution in [0.3, 0.4) is 0 Å². The minimum absolute atomic E-state index is 0.00158. The number of hydrogen-bond donors (Lipinski definition) is 1. The fourth-order valence-electron chi connectivity index (χ4n) is 3.59. The van der Waals surface area contributed by atoms with Gasteiger partial charge < -0.3 is 14.4 Å². The van der Waals surface area contributed by atoms with E-state index in [2.05, 4.69) is 31.9 Å². The minimum Gasteiger partial charge on any atom is -0.508 e. The molecule has 3 unspecified atom stereocenters. The number of rotatable bonds is 3. The first kappa shape index (κ1) is 20.1. The van der Waals surface area contributed by atoms with Gasteiger partial charge in [0.05, 0.1) is 7.11 Å². The number of nitrogens with zero attached hydrogens (tertiary/aromatic N) is 1. The Morgan fingerprint density at radius 3 is 2.59 bits per heavy atom. The summed E-state index contributed by atoms with van der Waals surface area (Å²) in [6.45, 7) is 1.89. The van der Waals surface area contributed by atoms with Crippen LogP contribution in [0.25, 0.3) is 5.69 Å². The van der Waals surface area contributed by atoms with Gasteiger partial charge in [0.25, 0.3) is 0 Å². The molecule has 0 saturated heterocycles. The molecule has 1 saturated carbocycles. The molecule has 1 heterocycles. The summed E-state index contributed by atoms with van der Waals surface area (Å²) in [5.41, 5.74) is 2.19. The van der Waals surface area contributed by atoms with Crippen molar-refractivity contribution >= 4 is 37.8 Å². The molecule has 1 fully saturated rings. The SMILES string of the molecule is COC(=O)c1cn(-c2ccc(O)cc2C)c(C2CCC(Br)C(Br)C2)cc1=O. The van der Waals surface area contributed by atoms with Gasteiger partial charge in [0.15, 0.2) is 5.43 Å². The zero-order valence-electron chi connectivity index (χ0n) is 15.1. The number of esters is 1. The van der Waals surface area contributed by atoms with Crippen LogP contribution in [0.15, 0.2) is 35.3 Å². The molecule has 0 aliphatic heterocycles. The number of ether oxygens (including phenoxy) is 1. The number of aromatic hydroxyl groups is 1. The standard InChI is InChI=1S/C20H21Br2NO4/c1-11-7-13(24)4-6-17(11)23-10-14(20(26)27-2)19(25)9-18(23)12-3-5-15(21)16(22)8-12/h4,6-7,9-10,12,15-16,24H,3,5,8H2,1-2H3. The van der Waals surface area contributed by atoms with E-state index in [9.17, 15) is 14.7 Å². The van der Waals surface area contributed by atoms with Gasteiger partial charge in [0.1, 0.15) is 11.3 Å². The smallest absolute Gasteiger partial charge is 0.343 e. The van der Waals surface area contributed by atoms with E-state index in [1.807, 2.05) is 11.5 Å². The van der Waals surface area contributed by atoms with Gasteiger partial charge in [-0.15, -0.1) is 0 Å². The van der Waals surface area contributed by atoms with Crippen molar-refractivity contribution in [2.45, 2.75) is 41.8 Å². The molecular weight excluding hydrogens is 478 g/mol. The zero-order valence-corrected chi connectivity index (χ0v) is 18.3. The molecule has 1 aromatic heterocycles. The quantitative estimate of drug-likeness (QED) is 0.502. The third-order valence-electron chi connectivity index (χ3n) is 5.04. The molecule has 2 aromatic rings. The van der Waals surface area contributed by atoms with E-state index in [0.29, 0.717) is 9.65 Å². The summed E-state index contributed by atoms with van der Waals surface area (Å²) in [7, 11) is 1.26. The van der Waals surface area contributed by atoms with Gasteiger partial charge in [0.2, 0.25) is 0 Å². The molecule has 7 heteroatoms. The van der Waals surface area contributed by atoms with Crippen molar-refractivity contribution in [1.82, 2.24) is 4.57 Å². The van der Waals surface area contributed by atoms with Crippen LogP contribution >= 0.6 is 31.9 Å². The maximum Gasteiger partial charge on any atom is 0.343 e. The molecule has 1 N–H and O–H groups in total. The van der Waals surface area contributed by atoms with Crippen molar-refractivity contribution in [1.29, 1.82) is 0 Å². The number of aromatic nitrogens is 1. The van der Waals surface area contributed by atoms with E-state index < -0.39 is 5.97 Å². The first-order valence-electron chi connectivity index (χ1n) is 8.75. The fraction of sp³-hybridized carbons (Fsp3) is 0.400. The summed E-state index contributed by atoms with van der Waals surface area (Å²) in [5.74, 6) is -0.303. The number of hydrogen-bond acceptors (Lipinski definition) is 4. The normalized spacial score (nSPS) is 22.4. The third-order valence-corrected chi connectivity index (χ3v) is 7.85. The average Bonchev–Trinajstić information content (AvgIpc) is 2.63. The highest BCUT2D eigenvalue weighted by Crippen LogP contribution is 2.39. The Kier molecular flexibility index (Phi) is 6.11. The first-order chi connectivity index (χ1) is 12.8. The number of benzene rings is 1. The van der Waals surface area contributed by atoms with Crippen LogP contribution < -0.4 is 5.43 Å². The summed E-state index contributed by atoms with van der Waals surface area (Å²) < 4.78 is 6.66. The maximum atomic E-state index is 12.6. The molecule has 0 bridgehead atoms. The predicted octanol–water partition coefficient (Wildman–Crippen LogP) is 4.43. The molecule has 27 heavy (non-hydrogen) atoms. The number of phenols is 1. The van der Waals surface area contributed by atoms with E-state index in [0.717, 1.165) is 36.2 Å². The van der Waals surface area contributed by atoms with Crippen molar-refractivity contribution in [2.24, 2.45) is 0 Å². The molecule has 5 nitrogen and oxygen atoms in total. The molecule has 3 rings (SSSR count). The van der Waals surface area contributed by atoms with Gasteiger partial charge in [0, 0.05) is 39.2 Å². The molecule has 0 amide bonds. The molecular formula is C20H21Br2NO4. The second-order valence-corrected chi connectivity index (χ2v) is 9.20. The van der Waals surface area contributed by atoms with Gasteiger partial charge in [-0.1, -0.05) is 31.9 Å². The van der Waals surface area contributed by atoms with Crippen LogP contribution in [0, 0.1) is 6.92 Å². The van der Waals surface area contributed by atoms with Crippen molar-refractivity contribution in [3.8, 4) is 11.4 Å². The zero-order chi connectivity index (χ0) is 19.7. The number of alkyl halides is 2. The third kappa shape index (κ3) is 4.14. The van der Waals surface area contributed by atoms with Crippen LogP contribution in [0.5, 0.6) is 5.75 Å². The lowest BCUT2D eigenvalue weighted by Crippen LogP contribution is -2.28. The number of aryl methyl sites for hydroxylation is 1. The number of carbonyl (C=O) groups excluding carboxylic acids is 1. The lowest BCUT2D eigenvalue weighted by molar-refractivity contribution is 0.0598. The van der Waals surface area contributed by atoms with E-state index in [-0.39, 0.29) is 22.7 Å². The number of methoxy groups -OCH3 is 1. The molecule has 1 aliphatic carbocycles. The summed E-state index contributed by atoms with van der Waals surface area (Å²) in [4.78, 5) is 25.3. The number of halogens is 2. The largest absolute Gasteiger partial charge is 0.508 e. The minimum atomic E-state index is -0.653. The van der Waals surface area contributed by atoms with Crippen LogP contribution in [0.4, 0.5) is 0 Å². The van der Waals surface area contributed by atoms with Crippen molar-refractivity contribution < 1.29 is 14.6 Å². The van der Waals surface area contributed by atoms with Gasteiger partial charge >= 0.3 is 5.97 Å². The number of pyridine rings is 1. The molecule has 1 aliphatic rings. The lowest BCUT2D eigenvalue weighted by atomic mass is 9.86. The number of carbonyl (C=O) groups is 1. The second kappa shape index (κ2) is 8.19. The summed E-state index contributed by atoms with van der Waals surface area (Å²) >= 11 is 7.41. The van der Waals surface area contributed by atoms with Crippen LogP contribution in [0.1, 0.15) is 46.8 Å². The fourth-order valence-corrected chi connectivity index (χ4v) is 4.79. The number of phenolic OH excluding ortho intramolecular Hbond substituents is 1. The average molecular weight is 499 g/mol. The monoisotopic (exact) mass is 497 g/mol. The van der Waals surface area contributed by atoms with Gasteiger partial charge in [-0.3, -0.25) is 4.79 Å². The summed E-state index contributed by atoms with van der Waals surface area (Å²) in [5, 5.41) is 9.75. The molecule has 3 atom stereocenters. The topological polar surface area (TPSA) is 68.5 Å². The highest BCUT2D eigenvalue weighted by Gasteiger charge is 2.30. The molecule has 0 radical (unpaired) electrons. The van der Waals surface area contributed by atoms with Crippen LogP contribution in [0.2, 0.25) is 0 Å². The Bertz CT molecular complexity index is 925. The predicted molar refractivity (Wildman–Crippen MR) is 112 cm³/mol. The van der Waals surface area contributed by atoms with Gasteiger partial charge in [-0.2, -0.15) is 0 Å². The Morgan fingerprint density at radius 1 is 1.22 bits per heavy atom. The van der Waals surface area contributed by atoms with E-state index in [1.165, 1.54) is 7.11 Å². The first-order valence-corrected chi connectivity index (χ1v) is 10.6. The van der Waals surface area contributed by atoms with Crippen LogP contribution in [-0.2, 0) is 4.74 Å². The van der Waals surface area contributed by atoms with E-state index >= 15 is 0 Å².